The molecule has 0 saturated heterocycles. The predicted octanol–water partition coefficient (Wildman–Crippen LogP) is 11.8. The van der Waals surface area contributed by atoms with Crippen LogP contribution in [-0.2, 0) is 0 Å². The quantitative estimate of drug-likeness (QED) is 0.194. The van der Waals surface area contributed by atoms with Crippen molar-refractivity contribution in [3.05, 3.63) is 140 Å². The lowest BCUT2D eigenvalue weighted by Gasteiger charge is -2.12. The van der Waals surface area contributed by atoms with Crippen molar-refractivity contribution in [2.75, 3.05) is 0 Å². The van der Waals surface area contributed by atoms with Crippen LogP contribution in [0.4, 0.5) is 0 Å². The van der Waals surface area contributed by atoms with Crippen LogP contribution < -0.4 is 0 Å². The summed E-state index contributed by atoms with van der Waals surface area (Å²) in [6.45, 7) is 0. The molecule has 4 aromatic heterocycles. The molecule has 0 amide bonds. The lowest BCUT2D eigenvalue weighted by atomic mass is 10.0. The SMILES string of the molecule is c1ccc2c(c1)ccc1c3ccc(-c4nc(-n5c6ccccc6c6ccc7c8ccccc8sc7c65)nc5ccccc45)cc3oc21. The molecule has 0 aliphatic heterocycles. The van der Waals surface area contributed by atoms with Crippen LogP contribution in [0, 0.1) is 0 Å². The lowest BCUT2D eigenvalue weighted by molar-refractivity contribution is 0.673. The number of aromatic nitrogens is 3. The van der Waals surface area contributed by atoms with E-state index in [2.05, 4.69) is 138 Å². The Morgan fingerprint density at radius 1 is 0.532 bits per heavy atom. The number of nitrogens with zero attached hydrogens (tertiary/aromatic N) is 3. The third kappa shape index (κ3) is 3.46. The average Bonchev–Trinajstić information content (AvgIpc) is 3.80. The topological polar surface area (TPSA) is 43.9 Å². The molecule has 11 rings (SSSR count). The Labute approximate surface area is 271 Å². The maximum atomic E-state index is 6.59. The Morgan fingerprint density at radius 3 is 2.19 bits per heavy atom. The summed E-state index contributed by atoms with van der Waals surface area (Å²) in [7, 11) is 0. The molecule has 47 heavy (non-hydrogen) atoms. The van der Waals surface area contributed by atoms with Crippen molar-refractivity contribution in [3.63, 3.8) is 0 Å². The molecule has 7 aromatic carbocycles. The zero-order valence-electron chi connectivity index (χ0n) is 24.9. The molecule has 11 aromatic rings. The first-order chi connectivity index (χ1) is 23.3. The Balaban J connectivity index is 1.22. The summed E-state index contributed by atoms with van der Waals surface area (Å²) in [4.78, 5) is 10.6. The van der Waals surface area contributed by atoms with Gasteiger partial charge in [0.25, 0.3) is 0 Å². The number of hydrogen-bond acceptors (Lipinski definition) is 4. The zero-order valence-corrected chi connectivity index (χ0v) is 25.8. The van der Waals surface area contributed by atoms with E-state index < -0.39 is 0 Å². The molecule has 0 fully saturated rings. The number of benzene rings is 7. The smallest absolute Gasteiger partial charge is 0.235 e. The summed E-state index contributed by atoms with van der Waals surface area (Å²) in [6, 6.07) is 49.3. The van der Waals surface area contributed by atoms with Gasteiger partial charge in [0.2, 0.25) is 5.95 Å². The van der Waals surface area contributed by atoms with Crippen LogP contribution in [0.5, 0.6) is 0 Å². The van der Waals surface area contributed by atoms with Gasteiger partial charge in [0.1, 0.15) is 11.2 Å². The maximum absolute atomic E-state index is 6.59. The van der Waals surface area contributed by atoms with Gasteiger partial charge < -0.3 is 4.42 Å². The van der Waals surface area contributed by atoms with Gasteiger partial charge in [-0.3, -0.25) is 4.57 Å². The third-order valence-electron chi connectivity index (χ3n) is 9.61. The van der Waals surface area contributed by atoms with Gasteiger partial charge in [-0.05, 0) is 41.8 Å². The van der Waals surface area contributed by atoms with Crippen LogP contribution in [0.25, 0.3) is 103 Å². The molecule has 0 aliphatic rings. The fraction of sp³-hybridized carbons (Fsp3) is 0. The highest BCUT2D eigenvalue weighted by atomic mass is 32.1. The first kappa shape index (κ1) is 25.2. The number of hydrogen-bond donors (Lipinski definition) is 0. The van der Waals surface area contributed by atoms with Gasteiger partial charge in [0.15, 0.2) is 0 Å². The molecule has 0 spiro atoms. The Morgan fingerprint density at radius 2 is 1.26 bits per heavy atom. The molecule has 218 valence electrons. The standard InChI is InChI=1S/C42H23N3OS/c1-2-10-26-24(9-1)17-20-31-28-19-18-25(23-36(28)46-40(26)31)38-33-13-3-6-14-34(33)43-42(44-38)45-35-15-7-4-11-27(35)30-21-22-32-29-12-5-8-16-37(29)47-41(32)39(30)45/h1-23H. The van der Waals surface area contributed by atoms with Crippen molar-refractivity contribution in [3.8, 4) is 17.2 Å². The normalized spacial score (nSPS) is 12.3. The molecule has 0 atom stereocenters. The van der Waals surface area contributed by atoms with E-state index in [0.717, 1.165) is 60.5 Å². The molecule has 4 heterocycles. The van der Waals surface area contributed by atoms with Crippen molar-refractivity contribution in [1.82, 2.24) is 14.5 Å². The maximum Gasteiger partial charge on any atom is 0.235 e. The second-order valence-electron chi connectivity index (χ2n) is 12.2. The van der Waals surface area contributed by atoms with Gasteiger partial charge in [-0.25, -0.2) is 9.97 Å². The Hall–Kier alpha value is -6.04. The van der Waals surface area contributed by atoms with Crippen LogP contribution in [0.1, 0.15) is 0 Å². The Kier molecular flexibility index (Phi) is 4.96. The predicted molar refractivity (Wildman–Crippen MR) is 197 cm³/mol. The van der Waals surface area contributed by atoms with Crippen molar-refractivity contribution < 1.29 is 4.42 Å². The second-order valence-corrected chi connectivity index (χ2v) is 13.2. The Bertz CT molecular complexity index is 3090. The fourth-order valence-corrected chi connectivity index (χ4v) is 8.71. The van der Waals surface area contributed by atoms with E-state index >= 15 is 0 Å². The molecule has 0 saturated carbocycles. The number of rotatable bonds is 2. The van der Waals surface area contributed by atoms with Crippen molar-refractivity contribution in [1.29, 1.82) is 0 Å². The molecule has 0 unspecified atom stereocenters. The van der Waals surface area contributed by atoms with E-state index in [4.69, 9.17) is 14.4 Å². The van der Waals surface area contributed by atoms with Gasteiger partial charge >= 0.3 is 0 Å². The van der Waals surface area contributed by atoms with Gasteiger partial charge in [0.05, 0.1) is 26.9 Å². The van der Waals surface area contributed by atoms with Gasteiger partial charge in [0, 0.05) is 53.4 Å². The molecular weight excluding hydrogens is 595 g/mol. The summed E-state index contributed by atoms with van der Waals surface area (Å²) in [6.07, 6.45) is 0. The molecule has 0 N–H and O–H groups in total. The van der Waals surface area contributed by atoms with Gasteiger partial charge in [-0.1, -0.05) is 103 Å². The molecule has 5 heteroatoms. The molecular formula is C42H23N3OS. The summed E-state index contributed by atoms with van der Waals surface area (Å²) < 4.78 is 11.4. The first-order valence-electron chi connectivity index (χ1n) is 15.8. The summed E-state index contributed by atoms with van der Waals surface area (Å²) in [5, 5.41) is 10.4. The minimum Gasteiger partial charge on any atom is -0.455 e. The minimum atomic E-state index is 0.658. The fourth-order valence-electron chi connectivity index (χ4n) is 7.47. The molecule has 4 nitrogen and oxygen atoms in total. The summed E-state index contributed by atoms with van der Waals surface area (Å²) in [5.41, 5.74) is 6.78. The van der Waals surface area contributed by atoms with Crippen molar-refractivity contribution in [2.45, 2.75) is 0 Å². The number of furan rings is 1. The van der Waals surface area contributed by atoms with E-state index in [0.29, 0.717) is 5.95 Å². The number of para-hydroxylation sites is 2. The van der Waals surface area contributed by atoms with E-state index in [1.165, 1.54) is 36.3 Å². The van der Waals surface area contributed by atoms with Gasteiger partial charge in [-0.15, -0.1) is 11.3 Å². The highest BCUT2D eigenvalue weighted by molar-refractivity contribution is 7.26. The van der Waals surface area contributed by atoms with E-state index in [1.807, 2.05) is 17.4 Å². The second kappa shape index (κ2) is 9.25. The largest absolute Gasteiger partial charge is 0.455 e. The van der Waals surface area contributed by atoms with Crippen LogP contribution in [0.2, 0.25) is 0 Å². The molecule has 0 aliphatic carbocycles. The van der Waals surface area contributed by atoms with Gasteiger partial charge in [-0.2, -0.15) is 0 Å². The molecule has 0 radical (unpaired) electrons. The van der Waals surface area contributed by atoms with Crippen LogP contribution >= 0.6 is 11.3 Å². The highest BCUT2D eigenvalue weighted by Crippen LogP contribution is 2.43. The van der Waals surface area contributed by atoms with Crippen molar-refractivity contribution >= 4 is 96.9 Å². The van der Waals surface area contributed by atoms with Crippen LogP contribution in [0.15, 0.2) is 144 Å². The van der Waals surface area contributed by atoms with E-state index in [1.54, 1.807) is 0 Å². The third-order valence-corrected chi connectivity index (χ3v) is 10.8. The zero-order chi connectivity index (χ0) is 30.6. The van der Waals surface area contributed by atoms with Crippen molar-refractivity contribution in [2.24, 2.45) is 0 Å². The van der Waals surface area contributed by atoms with E-state index in [-0.39, 0.29) is 0 Å². The van der Waals surface area contributed by atoms with Crippen LogP contribution in [-0.4, -0.2) is 14.5 Å². The number of thiophene rings is 1. The number of fused-ring (bicyclic) bond motifs is 13. The minimum absolute atomic E-state index is 0.658. The summed E-state index contributed by atoms with van der Waals surface area (Å²) in [5.74, 6) is 0.658. The van der Waals surface area contributed by atoms with Crippen LogP contribution in [0.3, 0.4) is 0 Å². The monoisotopic (exact) mass is 617 g/mol. The summed E-state index contributed by atoms with van der Waals surface area (Å²) >= 11 is 1.83. The molecule has 0 bridgehead atoms. The average molecular weight is 618 g/mol. The lowest BCUT2D eigenvalue weighted by Crippen LogP contribution is -2.03. The van der Waals surface area contributed by atoms with E-state index in [9.17, 15) is 0 Å². The first-order valence-corrected chi connectivity index (χ1v) is 16.6. The highest BCUT2D eigenvalue weighted by Gasteiger charge is 2.21.